The third-order valence-corrected chi connectivity index (χ3v) is 5.64. The molecule has 0 unspecified atom stereocenters. The summed E-state index contributed by atoms with van der Waals surface area (Å²) in [5.41, 5.74) is 0.968. The SMILES string of the molecule is COc1ccc(Cl)cc1C1(C#N)CC2(CCCCCC2)C1. The average Bonchev–Trinajstić information content (AvgIpc) is 2.71. The molecule has 21 heavy (non-hydrogen) atoms. The lowest BCUT2D eigenvalue weighted by Crippen LogP contribution is -2.48. The summed E-state index contributed by atoms with van der Waals surface area (Å²) in [5, 5.41) is 10.5. The van der Waals surface area contributed by atoms with Crippen LogP contribution in [0.3, 0.4) is 0 Å². The Balaban J connectivity index is 1.91. The number of hydrogen-bond acceptors (Lipinski definition) is 2. The van der Waals surface area contributed by atoms with Gasteiger partial charge in [0.1, 0.15) is 5.75 Å². The van der Waals surface area contributed by atoms with Gasteiger partial charge >= 0.3 is 0 Å². The van der Waals surface area contributed by atoms with Gasteiger partial charge in [0.05, 0.1) is 18.6 Å². The van der Waals surface area contributed by atoms with Crippen molar-refractivity contribution in [3.63, 3.8) is 0 Å². The molecule has 0 radical (unpaired) electrons. The van der Waals surface area contributed by atoms with E-state index in [1.807, 2.05) is 18.2 Å². The van der Waals surface area contributed by atoms with E-state index in [1.165, 1.54) is 38.5 Å². The number of rotatable bonds is 2. The Morgan fingerprint density at radius 2 is 1.81 bits per heavy atom. The van der Waals surface area contributed by atoms with Crippen LogP contribution < -0.4 is 4.74 Å². The van der Waals surface area contributed by atoms with E-state index in [-0.39, 0.29) is 0 Å². The van der Waals surface area contributed by atoms with Gasteiger partial charge in [-0.15, -0.1) is 0 Å². The van der Waals surface area contributed by atoms with E-state index in [1.54, 1.807) is 7.11 Å². The van der Waals surface area contributed by atoms with E-state index in [2.05, 4.69) is 6.07 Å². The second kappa shape index (κ2) is 5.54. The molecule has 3 heteroatoms. The molecule has 0 amide bonds. The maximum absolute atomic E-state index is 9.84. The molecule has 1 spiro atoms. The number of benzene rings is 1. The van der Waals surface area contributed by atoms with Gasteiger partial charge in [-0.2, -0.15) is 5.26 Å². The van der Waals surface area contributed by atoms with Gasteiger partial charge in [0.15, 0.2) is 0 Å². The van der Waals surface area contributed by atoms with Crippen molar-refractivity contribution in [2.75, 3.05) is 7.11 Å². The molecule has 0 atom stereocenters. The molecule has 1 aromatic carbocycles. The molecule has 2 fully saturated rings. The lowest BCUT2D eigenvalue weighted by molar-refractivity contribution is 0.0385. The number of halogens is 1. The second-order valence-electron chi connectivity index (χ2n) is 6.81. The summed E-state index contributed by atoms with van der Waals surface area (Å²) >= 11 is 6.16. The molecule has 2 aliphatic rings. The first-order valence-corrected chi connectivity index (χ1v) is 8.26. The number of hydrogen-bond donors (Lipinski definition) is 0. The maximum atomic E-state index is 9.84. The first-order valence-electron chi connectivity index (χ1n) is 7.88. The zero-order valence-corrected chi connectivity index (χ0v) is 13.4. The highest BCUT2D eigenvalue weighted by atomic mass is 35.5. The van der Waals surface area contributed by atoms with Crippen LogP contribution in [-0.2, 0) is 5.41 Å². The highest BCUT2D eigenvalue weighted by Gasteiger charge is 2.56. The van der Waals surface area contributed by atoms with Gasteiger partial charge in [-0.1, -0.05) is 37.3 Å². The fourth-order valence-corrected chi connectivity index (χ4v) is 4.62. The Labute approximate surface area is 132 Å². The summed E-state index contributed by atoms with van der Waals surface area (Å²) in [5.74, 6) is 0.796. The van der Waals surface area contributed by atoms with Crippen molar-refractivity contribution in [2.45, 2.75) is 56.8 Å². The Kier molecular flexibility index (Phi) is 3.88. The van der Waals surface area contributed by atoms with Crippen molar-refractivity contribution in [2.24, 2.45) is 5.41 Å². The molecule has 0 aliphatic heterocycles. The van der Waals surface area contributed by atoms with E-state index < -0.39 is 5.41 Å². The minimum absolute atomic E-state index is 0.388. The Bertz CT molecular complexity index is 559. The molecule has 0 bridgehead atoms. The van der Waals surface area contributed by atoms with Crippen LogP contribution in [0.2, 0.25) is 5.02 Å². The lowest BCUT2D eigenvalue weighted by Gasteiger charge is -2.53. The average molecular weight is 304 g/mol. The van der Waals surface area contributed by atoms with Crippen LogP contribution in [0.15, 0.2) is 18.2 Å². The van der Waals surface area contributed by atoms with E-state index in [4.69, 9.17) is 16.3 Å². The van der Waals surface area contributed by atoms with Crippen LogP contribution in [0.1, 0.15) is 56.9 Å². The van der Waals surface area contributed by atoms with Crippen molar-refractivity contribution in [3.8, 4) is 11.8 Å². The topological polar surface area (TPSA) is 33.0 Å². The molecule has 112 valence electrons. The summed E-state index contributed by atoms with van der Waals surface area (Å²) < 4.78 is 5.47. The van der Waals surface area contributed by atoms with Gasteiger partial charge in [0.25, 0.3) is 0 Å². The zero-order valence-electron chi connectivity index (χ0n) is 12.6. The van der Waals surface area contributed by atoms with Crippen molar-refractivity contribution in [3.05, 3.63) is 28.8 Å². The molecule has 3 rings (SSSR count). The Morgan fingerprint density at radius 3 is 2.38 bits per heavy atom. The highest BCUT2D eigenvalue weighted by molar-refractivity contribution is 6.30. The van der Waals surface area contributed by atoms with Crippen molar-refractivity contribution < 1.29 is 4.74 Å². The van der Waals surface area contributed by atoms with Gasteiger partial charge in [0.2, 0.25) is 0 Å². The largest absolute Gasteiger partial charge is 0.496 e. The van der Waals surface area contributed by atoms with Crippen molar-refractivity contribution in [1.82, 2.24) is 0 Å². The van der Waals surface area contributed by atoms with Crippen molar-refractivity contribution in [1.29, 1.82) is 5.26 Å². The number of nitrogens with zero attached hydrogens (tertiary/aromatic N) is 1. The van der Waals surface area contributed by atoms with Gasteiger partial charge < -0.3 is 4.74 Å². The van der Waals surface area contributed by atoms with Crippen LogP contribution in [0.5, 0.6) is 5.75 Å². The third-order valence-electron chi connectivity index (χ3n) is 5.41. The van der Waals surface area contributed by atoms with E-state index in [0.717, 1.165) is 24.2 Å². The van der Waals surface area contributed by atoms with Gasteiger partial charge in [-0.3, -0.25) is 0 Å². The smallest absolute Gasteiger partial charge is 0.123 e. The molecule has 0 saturated heterocycles. The first-order chi connectivity index (χ1) is 10.1. The Morgan fingerprint density at radius 1 is 1.14 bits per heavy atom. The molecule has 2 nitrogen and oxygen atoms in total. The first kappa shape index (κ1) is 14.7. The monoisotopic (exact) mass is 303 g/mol. The number of nitriles is 1. The quantitative estimate of drug-likeness (QED) is 0.748. The van der Waals surface area contributed by atoms with Crippen LogP contribution in [-0.4, -0.2) is 7.11 Å². The fourth-order valence-electron chi connectivity index (χ4n) is 4.44. The third kappa shape index (κ3) is 2.53. The maximum Gasteiger partial charge on any atom is 0.123 e. The minimum Gasteiger partial charge on any atom is -0.496 e. The van der Waals surface area contributed by atoms with Crippen molar-refractivity contribution >= 4 is 11.6 Å². The van der Waals surface area contributed by atoms with Gasteiger partial charge in [-0.05, 0) is 49.3 Å². The normalized spacial score (nSPS) is 22.9. The molecule has 0 heterocycles. The Hall–Kier alpha value is -1.20. The van der Waals surface area contributed by atoms with E-state index >= 15 is 0 Å². The molecule has 0 N–H and O–H groups in total. The van der Waals surface area contributed by atoms with Gasteiger partial charge in [0, 0.05) is 10.6 Å². The molecular weight excluding hydrogens is 282 g/mol. The lowest BCUT2D eigenvalue weighted by atomic mass is 9.48. The molecule has 2 saturated carbocycles. The fraction of sp³-hybridized carbons (Fsp3) is 0.611. The summed E-state index contributed by atoms with van der Waals surface area (Å²) in [6.45, 7) is 0. The highest BCUT2D eigenvalue weighted by Crippen LogP contribution is 2.62. The van der Waals surface area contributed by atoms with Crippen LogP contribution >= 0.6 is 11.6 Å². The van der Waals surface area contributed by atoms with Crippen LogP contribution in [0.4, 0.5) is 0 Å². The summed E-state index contributed by atoms with van der Waals surface area (Å²) in [4.78, 5) is 0. The predicted molar refractivity (Wildman–Crippen MR) is 84.7 cm³/mol. The van der Waals surface area contributed by atoms with Crippen LogP contribution in [0, 0.1) is 16.7 Å². The standard InChI is InChI=1S/C18H22ClNO/c1-21-16-7-6-14(19)10-15(16)18(13-20)11-17(12-18)8-4-2-3-5-9-17/h6-7,10H,2-5,8-9,11-12H2,1H3. The summed E-state index contributed by atoms with van der Waals surface area (Å²) in [7, 11) is 1.66. The molecule has 1 aromatic rings. The number of methoxy groups -OCH3 is 1. The number of ether oxygens (including phenoxy) is 1. The molecule has 2 aliphatic carbocycles. The van der Waals surface area contributed by atoms with E-state index in [0.29, 0.717) is 10.4 Å². The predicted octanol–water partition coefficient (Wildman–Crippen LogP) is 5.24. The van der Waals surface area contributed by atoms with Crippen LogP contribution in [0.25, 0.3) is 0 Å². The summed E-state index contributed by atoms with van der Waals surface area (Å²) in [6, 6.07) is 8.22. The van der Waals surface area contributed by atoms with Gasteiger partial charge in [-0.25, -0.2) is 0 Å². The zero-order chi connectivity index (χ0) is 14.9. The van der Waals surface area contributed by atoms with E-state index in [9.17, 15) is 5.26 Å². The minimum atomic E-state index is -0.402. The molecular formula is C18H22ClNO. The molecule has 0 aromatic heterocycles. The summed E-state index contributed by atoms with van der Waals surface area (Å²) in [6.07, 6.45) is 9.81. The second-order valence-corrected chi connectivity index (χ2v) is 7.24.